The average Bonchev–Trinajstić information content (AvgIpc) is 3.10. The van der Waals surface area contributed by atoms with Crippen molar-refractivity contribution in [2.75, 3.05) is 18.5 Å². The van der Waals surface area contributed by atoms with Crippen LogP contribution >= 0.6 is 0 Å². The molecule has 0 spiro atoms. The lowest BCUT2D eigenvalue weighted by atomic mass is 10.1. The van der Waals surface area contributed by atoms with Gasteiger partial charge in [-0.15, -0.1) is 0 Å². The van der Waals surface area contributed by atoms with E-state index in [-0.39, 0.29) is 12.4 Å². The Kier molecular flexibility index (Phi) is 4.11. The summed E-state index contributed by atoms with van der Waals surface area (Å²) in [6, 6.07) is 5.05. The smallest absolute Gasteiger partial charge is 0.255 e. The molecule has 5 heteroatoms. The second-order valence-corrected chi connectivity index (χ2v) is 4.66. The van der Waals surface area contributed by atoms with Gasteiger partial charge in [-0.25, -0.2) is 13.2 Å². The highest BCUT2D eigenvalue weighted by atomic mass is 19.3. The van der Waals surface area contributed by atoms with Crippen molar-refractivity contribution in [2.45, 2.75) is 31.9 Å². The van der Waals surface area contributed by atoms with Gasteiger partial charge in [-0.2, -0.15) is 0 Å². The van der Waals surface area contributed by atoms with Gasteiger partial charge < -0.3 is 10.2 Å². The van der Waals surface area contributed by atoms with Crippen LogP contribution in [0.1, 0.15) is 18.4 Å². The minimum atomic E-state index is -2.43. The van der Waals surface area contributed by atoms with Gasteiger partial charge in [-0.1, -0.05) is 6.07 Å². The quantitative estimate of drug-likeness (QED) is 0.844. The third-order valence-corrected chi connectivity index (χ3v) is 3.06. The van der Waals surface area contributed by atoms with Crippen LogP contribution in [0.15, 0.2) is 18.2 Å². The van der Waals surface area contributed by atoms with Crippen molar-refractivity contribution in [1.82, 2.24) is 5.32 Å². The molecular weight excluding hydrogens is 241 g/mol. The predicted octanol–water partition coefficient (Wildman–Crippen LogP) is 2.78. The number of nitrogens with one attached hydrogen (secondary N) is 1. The summed E-state index contributed by atoms with van der Waals surface area (Å²) in [6.45, 7) is 0.000132. The van der Waals surface area contributed by atoms with Crippen LogP contribution < -0.4 is 10.2 Å². The number of benzene rings is 1. The molecule has 0 atom stereocenters. The maximum atomic E-state index is 13.8. The number of halogens is 3. The molecule has 2 rings (SSSR count). The first-order valence-corrected chi connectivity index (χ1v) is 6.08. The number of rotatable bonds is 6. The first kappa shape index (κ1) is 13.2. The van der Waals surface area contributed by atoms with Crippen LogP contribution in [0.2, 0.25) is 0 Å². The van der Waals surface area contributed by atoms with E-state index in [1.165, 1.54) is 11.0 Å². The van der Waals surface area contributed by atoms with Crippen LogP contribution in [0.5, 0.6) is 0 Å². The lowest BCUT2D eigenvalue weighted by molar-refractivity contribution is 0.156. The molecular formula is C13H17F3N2. The Balaban J connectivity index is 2.13. The summed E-state index contributed by atoms with van der Waals surface area (Å²) in [7, 11) is 1.56. The van der Waals surface area contributed by atoms with E-state index in [2.05, 4.69) is 5.32 Å². The third-order valence-electron chi connectivity index (χ3n) is 3.06. The Morgan fingerprint density at radius 2 is 2.11 bits per heavy atom. The molecule has 18 heavy (non-hydrogen) atoms. The first-order chi connectivity index (χ1) is 8.58. The van der Waals surface area contributed by atoms with Gasteiger partial charge in [-0.3, -0.25) is 0 Å². The second kappa shape index (κ2) is 5.61. The van der Waals surface area contributed by atoms with E-state index in [9.17, 15) is 13.2 Å². The standard InChI is InChI=1S/C13H17F3N2/c1-18(8-13(15)16)12-4-2-3-11(14)10(12)7-17-9-5-6-9/h2-4,9,13,17H,5-8H2,1H3. The maximum Gasteiger partial charge on any atom is 0.255 e. The fraction of sp³-hybridized carbons (Fsp3) is 0.538. The van der Waals surface area contributed by atoms with Crippen molar-refractivity contribution in [2.24, 2.45) is 0 Å². The largest absolute Gasteiger partial charge is 0.369 e. The van der Waals surface area contributed by atoms with Crippen molar-refractivity contribution in [3.8, 4) is 0 Å². The summed E-state index contributed by atoms with van der Waals surface area (Å²) in [4.78, 5) is 1.40. The molecule has 2 nitrogen and oxygen atoms in total. The Morgan fingerprint density at radius 1 is 1.39 bits per heavy atom. The van der Waals surface area contributed by atoms with Gasteiger partial charge in [0, 0.05) is 30.9 Å². The Labute approximate surface area is 105 Å². The molecule has 0 aromatic heterocycles. The molecule has 1 saturated carbocycles. The molecule has 1 aliphatic rings. The zero-order chi connectivity index (χ0) is 13.1. The third kappa shape index (κ3) is 3.38. The van der Waals surface area contributed by atoms with Crippen LogP contribution in [0.4, 0.5) is 18.9 Å². The van der Waals surface area contributed by atoms with E-state index in [0.717, 1.165) is 12.8 Å². The number of nitrogens with zero attached hydrogens (tertiary/aromatic N) is 1. The van der Waals surface area contributed by atoms with Gasteiger partial charge >= 0.3 is 0 Å². The fourth-order valence-electron chi connectivity index (χ4n) is 1.92. The molecule has 0 amide bonds. The van der Waals surface area contributed by atoms with E-state index < -0.39 is 6.43 Å². The molecule has 0 radical (unpaired) electrons. The molecule has 1 fully saturated rings. The van der Waals surface area contributed by atoms with E-state index in [0.29, 0.717) is 23.8 Å². The fourth-order valence-corrected chi connectivity index (χ4v) is 1.92. The molecule has 0 unspecified atom stereocenters. The summed E-state index contributed by atoms with van der Waals surface area (Å²) >= 11 is 0. The van der Waals surface area contributed by atoms with Crippen molar-refractivity contribution >= 4 is 5.69 Å². The van der Waals surface area contributed by atoms with Crippen LogP contribution in [-0.4, -0.2) is 26.1 Å². The van der Waals surface area contributed by atoms with Crippen molar-refractivity contribution in [3.05, 3.63) is 29.6 Å². The lowest BCUT2D eigenvalue weighted by Gasteiger charge is -2.22. The molecule has 1 aromatic carbocycles. The van der Waals surface area contributed by atoms with Gasteiger partial charge in [0.15, 0.2) is 0 Å². The highest BCUT2D eigenvalue weighted by Gasteiger charge is 2.22. The summed E-state index contributed by atoms with van der Waals surface area (Å²) < 4.78 is 38.5. The van der Waals surface area contributed by atoms with Gasteiger partial charge in [0.05, 0.1) is 6.54 Å². The van der Waals surface area contributed by atoms with Crippen LogP contribution in [0.25, 0.3) is 0 Å². The number of anilines is 1. The molecule has 1 N–H and O–H groups in total. The van der Waals surface area contributed by atoms with Crippen molar-refractivity contribution in [3.63, 3.8) is 0 Å². The number of alkyl halides is 2. The Hall–Kier alpha value is -1.23. The molecule has 1 aromatic rings. The second-order valence-electron chi connectivity index (χ2n) is 4.66. The zero-order valence-electron chi connectivity index (χ0n) is 10.3. The van der Waals surface area contributed by atoms with E-state index in [4.69, 9.17) is 0 Å². The van der Waals surface area contributed by atoms with Crippen LogP contribution in [0.3, 0.4) is 0 Å². The highest BCUT2D eigenvalue weighted by Crippen LogP contribution is 2.25. The van der Waals surface area contributed by atoms with E-state index in [1.54, 1.807) is 19.2 Å². The maximum absolute atomic E-state index is 13.8. The summed E-state index contributed by atoms with van der Waals surface area (Å²) in [5.74, 6) is -0.346. The summed E-state index contributed by atoms with van der Waals surface area (Å²) in [6.07, 6.45) is -0.213. The predicted molar refractivity (Wildman–Crippen MR) is 65.5 cm³/mol. The number of hydrogen-bond donors (Lipinski definition) is 1. The lowest BCUT2D eigenvalue weighted by Crippen LogP contribution is -2.27. The summed E-state index contributed by atoms with van der Waals surface area (Å²) in [5, 5.41) is 3.21. The van der Waals surface area contributed by atoms with Crippen molar-refractivity contribution in [1.29, 1.82) is 0 Å². The Bertz CT molecular complexity index is 405. The van der Waals surface area contributed by atoms with Gasteiger partial charge in [0.25, 0.3) is 6.43 Å². The highest BCUT2D eigenvalue weighted by molar-refractivity contribution is 5.53. The SMILES string of the molecule is CN(CC(F)F)c1cccc(F)c1CNC1CC1. The topological polar surface area (TPSA) is 15.3 Å². The molecule has 1 aliphatic carbocycles. The normalized spacial score (nSPS) is 15.2. The van der Waals surface area contributed by atoms with Crippen LogP contribution in [0, 0.1) is 5.82 Å². The molecule has 100 valence electrons. The van der Waals surface area contributed by atoms with Gasteiger partial charge in [0.2, 0.25) is 0 Å². The number of hydrogen-bond acceptors (Lipinski definition) is 2. The minimum Gasteiger partial charge on any atom is -0.369 e. The van der Waals surface area contributed by atoms with Crippen molar-refractivity contribution < 1.29 is 13.2 Å². The Morgan fingerprint density at radius 3 is 2.72 bits per heavy atom. The molecule has 0 aliphatic heterocycles. The van der Waals surface area contributed by atoms with Gasteiger partial charge in [0.1, 0.15) is 5.82 Å². The monoisotopic (exact) mass is 258 g/mol. The zero-order valence-corrected chi connectivity index (χ0v) is 10.3. The van der Waals surface area contributed by atoms with Crippen LogP contribution in [-0.2, 0) is 6.54 Å². The minimum absolute atomic E-state index is 0.346. The van der Waals surface area contributed by atoms with E-state index in [1.807, 2.05) is 0 Å². The molecule has 0 saturated heterocycles. The van der Waals surface area contributed by atoms with Gasteiger partial charge in [-0.05, 0) is 25.0 Å². The first-order valence-electron chi connectivity index (χ1n) is 6.08. The van der Waals surface area contributed by atoms with E-state index >= 15 is 0 Å². The average molecular weight is 258 g/mol. The molecule has 0 bridgehead atoms. The summed E-state index contributed by atoms with van der Waals surface area (Å²) in [5.41, 5.74) is 0.996. The molecule has 0 heterocycles.